The summed E-state index contributed by atoms with van der Waals surface area (Å²) in [5, 5.41) is 8.23. The summed E-state index contributed by atoms with van der Waals surface area (Å²) in [5.41, 5.74) is 1.97. The SMILES string of the molecule is O=C(CC1Sc2ccccc2NC1=O)Nc1ccc(C(=O)NC2CCCC2)cc1. The van der Waals surface area contributed by atoms with Crippen LogP contribution < -0.4 is 16.0 Å². The van der Waals surface area contributed by atoms with Crippen LogP contribution in [0.3, 0.4) is 0 Å². The van der Waals surface area contributed by atoms with Gasteiger partial charge in [0, 0.05) is 28.6 Å². The Morgan fingerprint density at radius 3 is 2.52 bits per heavy atom. The van der Waals surface area contributed by atoms with Gasteiger partial charge in [-0.3, -0.25) is 14.4 Å². The Balaban J connectivity index is 1.31. The Kier molecular flexibility index (Phi) is 5.85. The zero-order chi connectivity index (χ0) is 20.2. The van der Waals surface area contributed by atoms with Gasteiger partial charge in [0.05, 0.1) is 10.9 Å². The zero-order valence-corrected chi connectivity index (χ0v) is 16.8. The van der Waals surface area contributed by atoms with E-state index in [0.717, 1.165) is 23.4 Å². The first-order valence-electron chi connectivity index (χ1n) is 9.86. The van der Waals surface area contributed by atoms with Crippen LogP contribution in [0.5, 0.6) is 0 Å². The molecule has 0 aromatic heterocycles. The number of nitrogens with one attached hydrogen (secondary N) is 3. The molecule has 3 amide bonds. The van der Waals surface area contributed by atoms with Gasteiger partial charge >= 0.3 is 0 Å². The predicted octanol–water partition coefficient (Wildman–Crippen LogP) is 3.80. The molecule has 0 bridgehead atoms. The molecule has 1 aliphatic heterocycles. The molecule has 6 nitrogen and oxygen atoms in total. The molecule has 29 heavy (non-hydrogen) atoms. The summed E-state index contributed by atoms with van der Waals surface area (Å²) in [5.74, 6) is -0.480. The Labute approximate surface area is 173 Å². The van der Waals surface area contributed by atoms with E-state index in [9.17, 15) is 14.4 Å². The first-order valence-corrected chi connectivity index (χ1v) is 10.7. The van der Waals surface area contributed by atoms with Crippen molar-refractivity contribution < 1.29 is 14.4 Å². The van der Waals surface area contributed by atoms with Crippen molar-refractivity contribution in [3.63, 3.8) is 0 Å². The van der Waals surface area contributed by atoms with Gasteiger partial charge in [-0.25, -0.2) is 0 Å². The second-order valence-electron chi connectivity index (χ2n) is 7.38. The van der Waals surface area contributed by atoms with E-state index in [1.165, 1.54) is 24.6 Å². The Bertz CT molecular complexity index is 923. The zero-order valence-electron chi connectivity index (χ0n) is 15.9. The van der Waals surface area contributed by atoms with E-state index in [0.29, 0.717) is 11.3 Å². The Hall–Kier alpha value is -2.80. The van der Waals surface area contributed by atoms with Gasteiger partial charge in [-0.05, 0) is 49.2 Å². The van der Waals surface area contributed by atoms with Gasteiger partial charge in [0.2, 0.25) is 11.8 Å². The fourth-order valence-electron chi connectivity index (χ4n) is 3.65. The number of thioether (sulfide) groups is 1. The molecule has 1 unspecified atom stereocenters. The van der Waals surface area contributed by atoms with Gasteiger partial charge in [0.25, 0.3) is 5.91 Å². The van der Waals surface area contributed by atoms with Gasteiger partial charge in [-0.15, -0.1) is 11.8 Å². The minimum absolute atomic E-state index is 0.0781. The first kappa shape index (κ1) is 19.5. The van der Waals surface area contributed by atoms with Crippen LogP contribution in [0, 0.1) is 0 Å². The number of carbonyl (C=O) groups is 3. The largest absolute Gasteiger partial charge is 0.349 e. The maximum absolute atomic E-state index is 12.4. The van der Waals surface area contributed by atoms with Gasteiger partial charge < -0.3 is 16.0 Å². The lowest BCUT2D eigenvalue weighted by molar-refractivity contribution is -0.120. The molecule has 1 heterocycles. The second-order valence-corrected chi connectivity index (χ2v) is 8.62. The third kappa shape index (κ3) is 4.79. The number of anilines is 2. The minimum atomic E-state index is -0.471. The van der Waals surface area contributed by atoms with Crippen molar-refractivity contribution in [1.82, 2.24) is 5.32 Å². The minimum Gasteiger partial charge on any atom is -0.349 e. The third-order valence-electron chi connectivity index (χ3n) is 5.20. The molecule has 2 aromatic rings. The van der Waals surface area contributed by atoms with E-state index >= 15 is 0 Å². The molecule has 2 aliphatic rings. The quantitative estimate of drug-likeness (QED) is 0.701. The highest BCUT2D eigenvalue weighted by Crippen LogP contribution is 2.36. The van der Waals surface area contributed by atoms with E-state index in [2.05, 4.69) is 16.0 Å². The molecule has 1 fully saturated rings. The smallest absolute Gasteiger partial charge is 0.251 e. The van der Waals surface area contributed by atoms with Crippen LogP contribution in [0.15, 0.2) is 53.4 Å². The summed E-state index contributed by atoms with van der Waals surface area (Å²) >= 11 is 1.40. The van der Waals surface area contributed by atoms with E-state index in [1.54, 1.807) is 24.3 Å². The predicted molar refractivity (Wildman–Crippen MR) is 114 cm³/mol. The van der Waals surface area contributed by atoms with Crippen LogP contribution in [0.1, 0.15) is 42.5 Å². The maximum atomic E-state index is 12.4. The average molecular weight is 410 g/mol. The third-order valence-corrected chi connectivity index (χ3v) is 6.47. The number of rotatable bonds is 5. The number of hydrogen-bond donors (Lipinski definition) is 3. The fraction of sp³-hybridized carbons (Fsp3) is 0.318. The van der Waals surface area contributed by atoms with Crippen LogP contribution in [-0.4, -0.2) is 29.0 Å². The van der Waals surface area contributed by atoms with Crippen molar-refractivity contribution in [1.29, 1.82) is 0 Å². The first-order chi connectivity index (χ1) is 14.1. The summed E-state index contributed by atoms with van der Waals surface area (Å²) in [6.45, 7) is 0. The van der Waals surface area contributed by atoms with E-state index in [4.69, 9.17) is 0 Å². The van der Waals surface area contributed by atoms with Crippen LogP contribution in [0.4, 0.5) is 11.4 Å². The highest BCUT2D eigenvalue weighted by atomic mass is 32.2. The molecule has 0 radical (unpaired) electrons. The Morgan fingerprint density at radius 1 is 1.03 bits per heavy atom. The number of carbonyl (C=O) groups excluding carboxylic acids is 3. The lowest BCUT2D eigenvalue weighted by atomic mass is 10.1. The van der Waals surface area contributed by atoms with Crippen LogP contribution in [-0.2, 0) is 9.59 Å². The standard InChI is InChI=1S/C22H23N3O3S/c26-20(13-19-22(28)25-17-7-3-4-8-18(17)29-19)23-16-11-9-14(10-12-16)21(27)24-15-5-1-2-6-15/h3-4,7-12,15,19H,1-2,5-6,13H2,(H,23,26)(H,24,27)(H,25,28). The molecule has 0 saturated heterocycles. The summed E-state index contributed by atoms with van der Waals surface area (Å²) in [4.78, 5) is 37.9. The van der Waals surface area contributed by atoms with E-state index in [1.807, 2.05) is 24.3 Å². The summed E-state index contributed by atoms with van der Waals surface area (Å²) in [6.07, 6.45) is 4.49. The lowest BCUT2D eigenvalue weighted by Gasteiger charge is -2.23. The fourth-order valence-corrected chi connectivity index (χ4v) is 4.76. The van der Waals surface area contributed by atoms with E-state index in [-0.39, 0.29) is 30.2 Å². The van der Waals surface area contributed by atoms with Crippen LogP contribution in [0.2, 0.25) is 0 Å². The van der Waals surface area contributed by atoms with Gasteiger partial charge in [-0.2, -0.15) is 0 Å². The summed E-state index contributed by atoms with van der Waals surface area (Å²) in [7, 11) is 0. The molecule has 3 N–H and O–H groups in total. The molecule has 7 heteroatoms. The molecule has 150 valence electrons. The van der Waals surface area contributed by atoms with Crippen LogP contribution in [0.25, 0.3) is 0 Å². The molecule has 4 rings (SSSR count). The van der Waals surface area contributed by atoms with Crippen LogP contribution >= 0.6 is 11.8 Å². The van der Waals surface area contributed by atoms with Crippen molar-refractivity contribution >= 4 is 40.9 Å². The maximum Gasteiger partial charge on any atom is 0.251 e. The molecule has 1 saturated carbocycles. The van der Waals surface area contributed by atoms with E-state index < -0.39 is 5.25 Å². The molecule has 1 atom stereocenters. The average Bonchev–Trinajstić information content (AvgIpc) is 3.22. The van der Waals surface area contributed by atoms with Gasteiger partial charge in [0.15, 0.2) is 0 Å². The van der Waals surface area contributed by atoms with Crippen molar-refractivity contribution in [3.05, 3.63) is 54.1 Å². The van der Waals surface area contributed by atoms with Crippen molar-refractivity contribution in [3.8, 4) is 0 Å². The highest BCUT2D eigenvalue weighted by Gasteiger charge is 2.28. The lowest BCUT2D eigenvalue weighted by Crippen LogP contribution is -2.32. The summed E-state index contributed by atoms with van der Waals surface area (Å²) < 4.78 is 0. The van der Waals surface area contributed by atoms with Gasteiger partial charge in [-0.1, -0.05) is 25.0 Å². The second kappa shape index (κ2) is 8.69. The van der Waals surface area contributed by atoms with Crippen molar-refractivity contribution in [2.24, 2.45) is 0 Å². The Morgan fingerprint density at radius 2 is 1.76 bits per heavy atom. The number of para-hydroxylation sites is 1. The number of hydrogen-bond acceptors (Lipinski definition) is 4. The monoisotopic (exact) mass is 409 g/mol. The highest BCUT2D eigenvalue weighted by molar-refractivity contribution is 8.01. The number of amides is 3. The summed E-state index contributed by atoms with van der Waals surface area (Å²) in [6, 6.07) is 14.7. The topological polar surface area (TPSA) is 87.3 Å². The van der Waals surface area contributed by atoms with Crippen molar-refractivity contribution in [2.45, 2.75) is 48.3 Å². The normalized spacial score (nSPS) is 18.6. The molecular formula is C22H23N3O3S. The molecule has 2 aromatic carbocycles. The number of benzene rings is 2. The molecular weight excluding hydrogens is 386 g/mol. The van der Waals surface area contributed by atoms with Gasteiger partial charge in [0.1, 0.15) is 0 Å². The number of fused-ring (bicyclic) bond motifs is 1. The van der Waals surface area contributed by atoms with Crippen molar-refractivity contribution in [2.75, 3.05) is 10.6 Å². The molecule has 0 spiro atoms. The molecule has 1 aliphatic carbocycles.